The Morgan fingerprint density at radius 1 is 1.39 bits per heavy atom. The zero-order chi connectivity index (χ0) is 13.5. The number of carbonyl (C=O) groups is 2. The molecule has 1 rings (SSSR count). The summed E-state index contributed by atoms with van der Waals surface area (Å²) in [4.78, 5) is 26.3. The fourth-order valence-electron chi connectivity index (χ4n) is 1.02. The summed E-state index contributed by atoms with van der Waals surface area (Å²) in [5.74, 6) is -0.491. The highest BCUT2D eigenvalue weighted by Gasteiger charge is 2.09. The van der Waals surface area contributed by atoms with Crippen molar-refractivity contribution < 1.29 is 14.3 Å². The van der Waals surface area contributed by atoms with E-state index in [1.807, 2.05) is 0 Å². The third kappa shape index (κ3) is 5.57. The Bertz CT molecular complexity index is 436. The molecule has 1 heterocycles. The molecule has 0 atom stereocenters. The smallest absolute Gasteiger partial charge is 0.316 e. The number of hydrogen-bond acceptors (Lipinski definition) is 5. The number of hydrogen-bond donors (Lipinski definition) is 1. The number of nitrogens with zero attached hydrogens (tertiary/aromatic N) is 1. The molecule has 0 spiro atoms. The van der Waals surface area contributed by atoms with Gasteiger partial charge in [0.15, 0.2) is 0 Å². The number of carbonyl (C=O) groups excluding carboxylic acids is 2. The number of esters is 1. The highest BCUT2D eigenvalue weighted by atomic mass is 35.5. The SMILES string of the molecule is CCOC(=O)CSC(=O)Nc1cc(Cl)nc(Cl)c1. The molecule has 0 bridgehead atoms. The molecule has 1 N–H and O–H groups in total. The molecule has 5 nitrogen and oxygen atoms in total. The lowest BCUT2D eigenvalue weighted by atomic mass is 10.4. The molecule has 1 aromatic rings. The molecule has 0 aliphatic carbocycles. The molecule has 1 amide bonds. The molecule has 8 heteroatoms. The Labute approximate surface area is 118 Å². The van der Waals surface area contributed by atoms with Gasteiger partial charge in [0.2, 0.25) is 0 Å². The fraction of sp³-hybridized carbons (Fsp3) is 0.300. The first-order chi connectivity index (χ1) is 8.51. The topological polar surface area (TPSA) is 68.3 Å². The van der Waals surface area contributed by atoms with Crippen LogP contribution in [0, 0.1) is 0 Å². The van der Waals surface area contributed by atoms with Crippen LogP contribution in [0.1, 0.15) is 6.92 Å². The molecule has 0 aliphatic rings. The van der Waals surface area contributed by atoms with Gasteiger partial charge in [-0.2, -0.15) is 0 Å². The summed E-state index contributed by atoms with van der Waals surface area (Å²) in [6.07, 6.45) is 0. The van der Waals surface area contributed by atoms with Crippen LogP contribution < -0.4 is 5.32 Å². The van der Waals surface area contributed by atoms with Crippen LogP contribution in [-0.2, 0) is 9.53 Å². The quantitative estimate of drug-likeness (QED) is 0.683. The highest BCUT2D eigenvalue weighted by Crippen LogP contribution is 2.20. The summed E-state index contributed by atoms with van der Waals surface area (Å²) in [6, 6.07) is 2.91. The van der Waals surface area contributed by atoms with Crippen LogP contribution in [0.25, 0.3) is 0 Å². The lowest BCUT2D eigenvalue weighted by Crippen LogP contribution is -2.12. The Balaban J connectivity index is 2.47. The average molecular weight is 309 g/mol. The third-order valence-corrected chi connectivity index (χ3v) is 2.77. The van der Waals surface area contributed by atoms with E-state index in [1.165, 1.54) is 12.1 Å². The van der Waals surface area contributed by atoms with Crippen molar-refractivity contribution in [3.63, 3.8) is 0 Å². The van der Waals surface area contributed by atoms with Crippen molar-refractivity contribution in [3.8, 4) is 0 Å². The Kier molecular flexibility index (Phi) is 6.24. The summed E-state index contributed by atoms with van der Waals surface area (Å²) in [5.41, 5.74) is 0.418. The predicted octanol–water partition coefficient (Wildman–Crippen LogP) is 3.22. The number of pyridine rings is 1. The number of amides is 1. The number of thioether (sulfide) groups is 1. The second-order valence-electron chi connectivity index (χ2n) is 3.01. The average Bonchev–Trinajstić information content (AvgIpc) is 2.25. The van der Waals surface area contributed by atoms with Crippen LogP contribution in [0.3, 0.4) is 0 Å². The molecule has 1 aromatic heterocycles. The summed E-state index contributed by atoms with van der Waals surface area (Å²) >= 11 is 12.1. The van der Waals surface area contributed by atoms with Gasteiger partial charge in [-0.25, -0.2) is 4.98 Å². The maximum atomic E-state index is 11.5. The van der Waals surface area contributed by atoms with Crippen LogP contribution >= 0.6 is 35.0 Å². The van der Waals surface area contributed by atoms with Crippen molar-refractivity contribution in [1.29, 1.82) is 0 Å². The number of halogens is 2. The molecule has 98 valence electrons. The van der Waals surface area contributed by atoms with Gasteiger partial charge < -0.3 is 10.1 Å². The molecule has 18 heavy (non-hydrogen) atoms. The van der Waals surface area contributed by atoms with Crippen molar-refractivity contribution in [2.75, 3.05) is 17.7 Å². The van der Waals surface area contributed by atoms with Crippen molar-refractivity contribution >= 4 is 51.9 Å². The second kappa shape index (κ2) is 7.45. The summed E-state index contributed by atoms with van der Waals surface area (Å²) in [7, 11) is 0. The van der Waals surface area contributed by atoms with Gasteiger partial charge in [-0.15, -0.1) is 0 Å². The van der Waals surface area contributed by atoms with Gasteiger partial charge in [0.05, 0.1) is 6.61 Å². The summed E-state index contributed by atoms with van der Waals surface area (Å²) in [6.45, 7) is 1.99. The molecule has 0 unspecified atom stereocenters. The highest BCUT2D eigenvalue weighted by molar-refractivity contribution is 8.14. The lowest BCUT2D eigenvalue weighted by Gasteiger charge is -2.05. The van der Waals surface area contributed by atoms with Gasteiger partial charge in [-0.1, -0.05) is 35.0 Å². The van der Waals surface area contributed by atoms with Crippen molar-refractivity contribution in [2.45, 2.75) is 6.92 Å². The molecular formula is C10H10Cl2N2O3S. The number of rotatable bonds is 4. The molecule has 0 fully saturated rings. The molecule has 0 saturated carbocycles. The minimum absolute atomic E-state index is 0.0494. The Morgan fingerprint density at radius 3 is 2.56 bits per heavy atom. The summed E-state index contributed by atoms with van der Waals surface area (Å²) < 4.78 is 4.69. The van der Waals surface area contributed by atoms with Crippen molar-refractivity contribution in [1.82, 2.24) is 4.98 Å². The van der Waals surface area contributed by atoms with E-state index in [1.54, 1.807) is 6.92 Å². The molecule has 0 aliphatic heterocycles. The van der Waals surface area contributed by atoms with E-state index in [0.717, 1.165) is 11.8 Å². The first-order valence-corrected chi connectivity index (χ1v) is 6.68. The standard InChI is InChI=1S/C10H10Cl2N2O3S/c1-2-17-9(15)5-18-10(16)13-6-3-7(11)14-8(12)4-6/h3-4H,2,5H2,1H3,(H,13,14,16). The normalized spacial score (nSPS) is 9.94. The largest absolute Gasteiger partial charge is 0.465 e. The molecule has 0 radical (unpaired) electrons. The molecule has 0 aromatic carbocycles. The lowest BCUT2D eigenvalue weighted by molar-refractivity contribution is -0.139. The van der Waals surface area contributed by atoms with Crippen LogP contribution in [0.4, 0.5) is 10.5 Å². The summed E-state index contributed by atoms with van der Waals surface area (Å²) in [5, 5.41) is 2.48. The first-order valence-electron chi connectivity index (χ1n) is 4.93. The van der Waals surface area contributed by atoms with Gasteiger partial charge in [0.25, 0.3) is 5.24 Å². The van der Waals surface area contributed by atoms with E-state index in [9.17, 15) is 9.59 Å². The van der Waals surface area contributed by atoms with Crippen molar-refractivity contribution in [3.05, 3.63) is 22.4 Å². The third-order valence-electron chi connectivity index (χ3n) is 1.64. The van der Waals surface area contributed by atoms with E-state index >= 15 is 0 Å². The van der Waals surface area contributed by atoms with E-state index in [4.69, 9.17) is 23.2 Å². The minimum Gasteiger partial charge on any atom is -0.465 e. The number of nitrogens with one attached hydrogen (secondary N) is 1. The van der Waals surface area contributed by atoms with E-state index in [0.29, 0.717) is 5.69 Å². The van der Waals surface area contributed by atoms with Gasteiger partial charge >= 0.3 is 5.97 Å². The number of ether oxygens (including phenoxy) is 1. The first kappa shape index (κ1) is 15.1. The van der Waals surface area contributed by atoms with E-state index in [2.05, 4.69) is 15.0 Å². The van der Waals surface area contributed by atoms with Crippen LogP contribution in [0.5, 0.6) is 0 Å². The number of anilines is 1. The Morgan fingerprint density at radius 2 is 2.00 bits per heavy atom. The van der Waals surface area contributed by atoms with Crippen LogP contribution in [0.2, 0.25) is 10.3 Å². The van der Waals surface area contributed by atoms with Crippen LogP contribution in [0.15, 0.2) is 12.1 Å². The fourth-order valence-corrected chi connectivity index (χ4v) is 2.00. The monoisotopic (exact) mass is 308 g/mol. The minimum atomic E-state index is -0.441. The zero-order valence-corrected chi connectivity index (χ0v) is 11.7. The number of aromatic nitrogens is 1. The van der Waals surface area contributed by atoms with E-state index < -0.39 is 11.2 Å². The van der Waals surface area contributed by atoms with E-state index in [-0.39, 0.29) is 22.7 Å². The Hall–Kier alpha value is -0.980. The second-order valence-corrected chi connectivity index (χ2v) is 4.73. The molecule has 0 saturated heterocycles. The van der Waals surface area contributed by atoms with Crippen molar-refractivity contribution in [2.24, 2.45) is 0 Å². The predicted molar refractivity (Wildman–Crippen MR) is 72.4 cm³/mol. The van der Waals surface area contributed by atoms with Gasteiger partial charge in [0, 0.05) is 5.69 Å². The van der Waals surface area contributed by atoms with Gasteiger partial charge in [0.1, 0.15) is 16.1 Å². The maximum Gasteiger partial charge on any atom is 0.316 e. The van der Waals surface area contributed by atoms with Gasteiger partial charge in [-0.05, 0) is 19.1 Å². The zero-order valence-electron chi connectivity index (χ0n) is 9.41. The molecular weight excluding hydrogens is 299 g/mol. The van der Waals surface area contributed by atoms with Gasteiger partial charge in [-0.3, -0.25) is 9.59 Å². The maximum absolute atomic E-state index is 11.5. The van der Waals surface area contributed by atoms with Crippen LogP contribution in [-0.4, -0.2) is 28.6 Å².